The van der Waals surface area contributed by atoms with Crippen LogP contribution in [0.2, 0.25) is 0 Å². The topological polar surface area (TPSA) is 35.5 Å². The van der Waals surface area contributed by atoms with Crippen LogP contribution in [-0.4, -0.2) is 23.8 Å². The van der Waals surface area contributed by atoms with E-state index >= 15 is 0 Å². The standard InChI is InChI=1S/C13H14O3S/c1-3-15-13(17-2)12(14)9-11(16-13)10-7-5-4-6-8-10/h4-9H,3H2,1-2H3. The van der Waals surface area contributed by atoms with Gasteiger partial charge < -0.3 is 9.47 Å². The van der Waals surface area contributed by atoms with Gasteiger partial charge in [-0.15, -0.1) is 0 Å². The van der Waals surface area contributed by atoms with E-state index in [1.165, 1.54) is 17.8 Å². The Hall–Kier alpha value is -1.26. The van der Waals surface area contributed by atoms with Crippen LogP contribution in [0.25, 0.3) is 5.76 Å². The number of hydrogen-bond acceptors (Lipinski definition) is 4. The highest BCUT2D eigenvalue weighted by Gasteiger charge is 2.45. The summed E-state index contributed by atoms with van der Waals surface area (Å²) in [6.07, 6.45) is 3.30. The zero-order valence-electron chi connectivity index (χ0n) is 9.80. The number of ether oxygens (including phenoxy) is 2. The number of ketones is 1. The van der Waals surface area contributed by atoms with Gasteiger partial charge >= 0.3 is 5.12 Å². The van der Waals surface area contributed by atoms with Gasteiger partial charge in [-0.3, -0.25) is 4.79 Å². The SMILES string of the molecule is CCOC1(SC)OC(c2ccccc2)=CC1=O. The molecule has 0 amide bonds. The van der Waals surface area contributed by atoms with Crippen LogP contribution in [0.1, 0.15) is 12.5 Å². The van der Waals surface area contributed by atoms with E-state index in [0.717, 1.165) is 5.56 Å². The van der Waals surface area contributed by atoms with Crippen molar-refractivity contribution in [2.24, 2.45) is 0 Å². The number of thioether (sulfide) groups is 1. The van der Waals surface area contributed by atoms with E-state index in [1.807, 2.05) is 37.3 Å². The van der Waals surface area contributed by atoms with Crippen LogP contribution in [0.3, 0.4) is 0 Å². The van der Waals surface area contributed by atoms with Gasteiger partial charge in [0, 0.05) is 18.2 Å². The summed E-state index contributed by atoms with van der Waals surface area (Å²) in [4.78, 5) is 12.0. The van der Waals surface area contributed by atoms with E-state index in [1.54, 1.807) is 6.26 Å². The first-order valence-corrected chi connectivity index (χ1v) is 6.64. The Kier molecular flexibility index (Phi) is 3.54. The summed E-state index contributed by atoms with van der Waals surface area (Å²) in [6, 6.07) is 9.54. The smallest absolute Gasteiger partial charge is 0.325 e. The molecule has 1 aliphatic rings. The van der Waals surface area contributed by atoms with Crippen molar-refractivity contribution in [1.82, 2.24) is 0 Å². The number of hydrogen-bond donors (Lipinski definition) is 0. The molecule has 0 fully saturated rings. The monoisotopic (exact) mass is 250 g/mol. The van der Waals surface area contributed by atoms with Crippen molar-refractivity contribution in [3.63, 3.8) is 0 Å². The lowest BCUT2D eigenvalue weighted by Gasteiger charge is -2.25. The van der Waals surface area contributed by atoms with Crippen LogP contribution in [-0.2, 0) is 14.3 Å². The molecule has 3 nitrogen and oxygen atoms in total. The zero-order chi connectivity index (χ0) is 12.3. The van der Waals surface area contributed by atoms with Gasteiger partial charge in [0.1, 0.15) is 5.76 Å². The molecule has 1 atom stereocenters. The highest BCUT2D eigenvalue weighted by atomic mass is 32.2. The van der Waals surface area contributed by atoms with Crippen LogP contribution >= 0.6 is 11.8 Å². The van der Waals surface area contributed by atoms with Gasteiger partial charge in [0.05, 0.1) is 0 Å². The molecule has 4 heteroatoms. The Morgan fingerprint density at radius 1 is 1.35 bits per heavy atom. The molecule has 0 bridgehead atoms. The second-order valence-corrected chi connectivity index (χ2v) is 4.48. The predicted molar refractivity (Wildman–Crippen MR) is 68.4 cm³/mol. The molecule has 1 aromatic carbocycles. The molecule has 17 heavy (non-hydrogen) atoms. The minimum atomic E-state index is -1.19. The molecule has 0 N–H and O–H groups in total. The highest BCUT2D eigenvalue weighted by Crippen LogP contribution is 2.38. The van der Waals surface area contributed by atoms with Crippen LogP contribution in [0.5, 0.6) is 0 Å². The molecule has 0 radical (unpaired) electrons. The third-order valence-electron chi connectivity index (χ3n) is 2.47. The van der Waals surface area contributed by atoms with E-state index in [2.05, 4.69) is 0 Å². The molecule has 0 aromatic heterocycles. The Bertz CT molecular complexity index is 441. The first-order chi connectivity index (χ1) is 8.22. The normalized spacial score (nSPS) is 23.4. The molecule has 1 unspecified atom stereocenters. The van der Waals surface area contributed by atoms with Gasteiger partial charge in [0.25, 0.3) is 0 Å². The number of rotatable bonds is 4. The van der Waals surface area contributed by atoms with E-state index < -0.39 is 5.12 Å². The van der Waals surface area contributed by atoms with Crippen molar-refractivity contribution in [2.45, 2.75) is 12.0 Å². The lowest BCUT2D eigenvalue weighted by Crippen LogP contribution is -2.35. The maximum Gasteiger partial charge on any atom is 0.325 e. The predicted octanol–water partition coefficient (Wildman–Crippen LogP) is 2.68. The molecule has 0 aliphatic carbocycles. The van der Waals surface area contributed by atoms with Crippen molar-refractivity contribution in [2.75, 3.05) is 12.9 Å². The summed E-state index contributed by atoms with van der Waals surface area (Å²) < 4.78 is 11.1. The van der Waals surface area contributed by atoms with E-state index in [4.69, 9.17) is 9.47 Å². The van der Waals surface area contributed by atoms with Crippen molar-refractivity contribution < 1.29 is 14.3 Å². The first kappa shape index (κ1) is 12.2. The third-order valence-corrected chi connectivity index (χ3v) is 3.41. The molecule has 0 spiro atoms. The van der Waals surface area contributed by atoms with Crippen molar-refractivity contribution in [3.05, 3.63) is 42.0 Å². The molecule has 1 heterocycles. The molecule has 90 valence electrons. The maximum atomic E-state index is 12.0. The number of carbonyl (C=O) groups excluding carboxylic acids is 1. The summed E-state index contributed by atoms with van der Waals surface area (Å²) in [7, 11) is 0. The molecule has 1 aliphatic heterocycles. The Morgan fingerprint density at radius 2 is 2.06 bits per heavy atom. The van der Waals surface area contributed by atoms with E-state index in [9.17, 15) is 4.79 Å². The average molecular weight is 250 g/mol. The fourth-order valence-electron chi connectivity index (χ4n) is 1.67. The summed E-state index contributed by atoms with van der Waals surface area (Å²) in [5.41, 5.74) is 0.886. The van der Waals surface area contributed by atoms with Gasteiger partial charge in [-0.2, -0.15) is 0 Å². The molecule has 0 saturated heterocycles. The fraction of sp³-hybridized carbons (Fsp3) is 0.308. The van der Waals surface area contributed by atoms with Gasteiger partial charge in [0.15, 0.2) is 0 Å². The van der Waals surface area contributed by atoms with Crippen LogP contribution in [0.4, 0.5) is 0 Å². The molecular weight excluding hydrogens is 236 g/mol. The van der Waals surface area contributed by atoms with E-state index in [-0.39, 0.29) is 5.78 Å². The van der Waals surface area contributed by atoms with Crippen molar-refractivity contribution in [1.29, 1.82) is 0 Å². The lowest BCUT2D eigenvalue weighted by molar-refractivity contribution is -0.154. The summed E-state index contributed by atoms with van der Waals surface area (Å²) in [5, 5.41) is -1.19. The number of benzene rings is 1. The van der Waals surface area contributed by atoms with Crippen LogP contribution < -0.4 is 0 Å². The summed E-state index contributed by atoms with van der Waals surface area (Å²) in [6.45, 7) is 2.28. The molecule has 2 rings (SSSR count). The summed E-state index contributed by atoms with van der Waals surface area (Å²) in [5.74, 6) is 0.420. The minimum Gasteiger partial charge on any atom is -0.445 e. The number of carbonyl (C=O) groups is 1. The molecule has 1 aromatic rings. The Balaban J connectivity index is 2.26. The van der Waals surface area contributed by atoms with Gasteiger partial charge in [0.2, 0.25) is 5.78 Å². The first-order valence-electron chi connectivity index (χ1n) is 5.41. The largest absolute Gasteiger partial charge is 0.445 e. The van der Waals surface area contributed by atoms with Crippen LogP contribution in [0, 0.1) is 0 Å². The average Bonchev–Trinajstić information content (AvgIpc) is 2.69. The van der Waals surface area contributed by atoms with Gasteiger partial charge in [-0.1, -0.05) is 42.1 Å². The summed E-state index contributed by atoms with van der Waals surface area (Å²) >= 11 is 1.26. The maximum absolute atomic E-state index is 12.0. The van der Waals surface area contributed by atoms with E-state index in [0.29, 0.717) is 12.4 Å². The quantitative estimate of drug-likeness (QED) is 0.770. The lowest BCUT2D eigenvalue weighted by atomic mass is 10.2. The second-order valence-electron chi connectivity index (χ2n) is 3.53. The fourth-order valence-corrected chi connectivity index (χ4v) is 2.34. The third kappa shape index (κ3) is 2.23. The molecular formula is C13H14O3S. The molecule has 0 saturated carbocycles. The Labute approximate surface area is 105 Å². The van der Waals surface area contributed by atoms with Gasteiger partial charge in [-0.25, -0.2) is 0 Å². The minimum absolute atomic E-state index is 0.147. The highest BCUT2D eigenvalue weighted by molar-refractivity contribution is 8.00. The second kappa shape index (κ2) is 4.94. The van der Waals surface area contributed by atoms with Crippen molar-refractivity contribution >= 4 is 23.3 Å². The zero-order valence-corrected chi connectivity index (χ0v) is 10.6. The Morgan fingerprint density at radius 3 is 2.65 bits per heavy atom. The van der Waals surface area contributed by atoms with Gasteiger partial charge in [-0.05, 0) is 13.2 Å². The van der Waals surface area contributed by atoms with Crippen LogP contribution in [0.15, 0.2) is 36.4 Å². The van der Waals surface area contributed by atoms with Crippen molar-refractivity contribution in [3.8, 4) is 0 Å².